The number of unbranched alkanes of at least 4 members (excludes halogenated alkanes) is 1. The standard InChI is InChI=1S/C20H28ClF3N2O4/c1-14(2)18(21)30-19(27)25-11-13-29-26-17(6-4-5-12-28-3)15-7-9-16(10-8-15)20(22,23)24/h7-10,14,18H,4-6,11-13H2,1-3H3,(H,25,27)/b26-17+. The minimum Gasteiger partial charge on any atom is -0.430 e. The van der Waals surface area contributed by atoms with Crippen molar-refractivity contribution >= 4 is 23.4 Å². The molecule has 1 N–H and O–H groups in total. The zero-order valence-electron chi connectivity index (χ0n) is 17.3. The van der Waals surface area contributed by atoms with Gasteiger partial charge in [-0.15, -0.1) is 0 Å². The van der Waals surface area contributed by atoms with Gasteiger partial charge in [0.1, 0.15) is 6.61 Å². The zero-order valence-corrected chi connectivity index (χ0v) is 18.1. The van der Waals surface area contributed by atoms with Crippen molar-refractivity contribution in [2.75, 3.05) is 26.9 Å². The molecule has 0 saturated heterocycles. The molecule has 0 aliphatic heterocycles. The molecule has 30 heavy (non-hydrogen) atoms. The topological polar surface area (TPSA) is 69.2 Å². The molecular weight excluding hydrogens is 425 g/mol. The van der Waals surface area contributed by atoms with Gasteiger partial charge in [-0.1, -0.05) is 42.7 Å². The second kappa shape index (κ2) is 13.3. The molecular formula is C20H28ClF3N2O4. The SMILES string of the molecule is COCCCC/C(=N\OCCNC(=O)OC(Cl)C(C)C)c1ccc(C(F)(F)F)cc1. The molecule has 0 saturated carbocycles. The molecule has 1 atom stereocenters. The van der Waals surface area contributed by atoms with Crippen molar-refractivity contribution in [1.82, 2.24) is 5.32 Å². The average molecular weight is 453 g/mol. The molecule has 0 bridgehead atoms. The van der Waals surface area contributed by atoms with Gasteiger partial charge in [-0.25, -0.2) is 4.79 Å². The van der Waals surface area contributed by atoms with Gasteiger partial charge in [-0.2, -0.15) is 13.2 Å². The summed E-state index contributed by atoms with van der Waals surface area (Å²) in [5.74, 6) is -0.0253. The highest BCUT2D eigenvalue weighted by atomic mass is 35.5. The zero-order chi connectivity index (χ0) is 22.6. The van der Waals surface area contributed by atoms with Crippen LogP contribution in [0, 0.1) is 5.92 Å². The van der Waals surface area contributed by atoms with E-state index >= 15 is 0 Å². The van der Waals surface area contributed by atoms with E-state index in [0.717, 1.165) is 25.0 Å². The smallest absolute Gasteiger partial charge is 0.416 e. The first kappa shape index (κ1) is 26.0. The highest BCUT2D eigenvalue weighted by Gasteiger charge is 2.30. The molecule has 170 valence electrons. The van der Waals surface area contributed by atoms with Crippen LogP contribution in [0.1, 0.15) is 44.2 Å². The lowest BCUT2D eigenvalue weighted by Gasteiger charge is -2.14. The Balaban J connectivity index is 2.62. The van der Waals surface area contributed by atoms with Crippen LogP contribution in [-0.2, 0) is 20.5 Å². The third-order valence-electron chi connectivity index (χ3n) is 3.94. The molecule has 0 fully saturated rings. The molecule has 10 heteroatoms. The normalized spacial score (nSPS) is 13.3. The quantitative estimate of drug-likeness (QED) is 0.205. The van der Waals surface area contributed by atoms with Gasteiger partial charge in [0.15, 0.2) is 5.56 Å². The summed E-state index contributed by atoms with van der Waals surface area (Å²) >= 11 is 5.85. The van der Waals surface area contributed by atoms with Crippen molar-refractivity contribution in [2.24, 2.45) is 11.1 Å². The number of alkyl carbamates (subject to hydrolysis) is 1. The average Bonchev–Trinajstić information content (AvgIpc) is 2.68. The predicted octanol–water partition coefficient (Wildman–Crippen LogP) is 5.19. The van der Waals surface area contributed by atoms with E-state index in [9.17, 15) is 18.0 Å². The Bertz CT molecular complexity index is 667. The van der Waals surface area contributed by atoms with Crippen molar-refractivity contribution in [2.45, 2.75) is 44.8 Å². The number of nitrogens with one attached hydrogen (secondary N) is 1. The van der Waals surface area contributed by atoms with Gasteiger partial charge in [0.05, 0.1) is 17.8 Å². The van der Waals surface area contributed by atoms with Crippen LogP contribution in [0.2, 0.25) is 0 Å². The third-order valence-corrected chi connectivity index (χ3v) is 4.53. The van der Waals surface area contributed by atoms with Crippen molar-refractivity contribution in [1.29, 1.82) is 0 Å². The van der Waals surface area contributed by atoms with Crippen molar-refractivity contribution in [3.8, 4) is 0 Å². The lowest BCUT2D eigenvalue weighted by atomic mass is 10.0. The largest absolute Gasteiger partial charge is 0.430 e. The first-order valence-corrected chi connectivity index (χ1v) is 10.0. The summed E-state index contributed by atoms with van der Waals surface area (Å²) in [6.45, 7) is 4.40. The number of carbonyl (C=O) groups excluding carboxylic acids is 1. The Morgan fingerprint density at radius 1 is 1.17 bits per heavy atom. The molecule has 0 aromatic heterocycles. The maximum Gasteiger partial charge on any atom is 0.416 e. The van der Waals surface area contributed by atoms with Crippen LogP contribution >= 0.6 is 11.6 Å². The van der Waals surface area contributed by atoms with E-state index in [1.165, 1.54) is 12.1 Å². The molecule has 1 aromatic carbocycles. The van der Waals surface area contributed by atoms with Gasteiger partial charge in [-0.3, -0.25) is 0 Å². The minimum atomic E-state index is -4.40. The number of hydrogen-bond donors (Lipinski definition) is 1. The maximum absolute atomic E-state index is 12.8. The maximum atomic E-state index is 12.8. The number of methoxy groups -OCH3 is 1. The molecule has 0 radical (unpaired) electrons. The number of oxime groups is 1. The number of benzene rings is 1. The molecule has 0 spiro atoms. The number of ether oxygens (including phenoxy) is 2. The molecule has 1 amide bonds. The van der Waals surface area contributed by atoms with E-state index in [1.807, 2.05) is 13.8 Å². The van der Waals surface area contributed by atoms with E-state index in [4.69, 9.17) is 25.9 Å². The first-order chi connectivity index (χ1) is 14.1. The monoisotopic (exact) mass is 452 g/mol. The second-order valence-corrected chi connectivity index (χ2v) is 7.25. The van der Waals surface area contributed by atoms with E-state index < -0.39 is 23.4 Å². The van der Waals surface area contributed by atoms with Crippen LogP contribution < -0.4 is 5.32 Å². The number of carbonyl (C=O) groups is 1. The third kappa shape index (κ3) is 10.2. The molecule has 0 heterocycles. The summed E-state index contributed by atoms with van der Waals surface area (Å²) in [6.07, 6.45) is -3.05. The fraction of sp³-hybridized carbons (Fsp3) is 0.600. The van der Waals surface area contributed by atoms with Gasteiger partial charge in [-0.05, 0) is 37.0 Å². The Hall–Kier alpha value is -2.00. The van der Waals surface area contributed by atoms with E-state index in [2.05, 4.69) is 10.5 Å². The Kier molecular flexibility index (Phi) is 11.6. The molecule has 0 aliphatic rings. The Labute approximate surface area is 179 Å². The second-order valence-electron chi connectivity index (χ2n) is 6.82. The van der Waals surface area contributed by atoms with Crippen LogP contribution in [-0.4, -0.2) is 44.2 Å². The van der Waals surface area contributed by atoms with Gasteiger partial charge in [0.25, 0.3) is 0 Å². The molecule has 1 aromatic rings. The predicted molar refractivity (Wildman–Crippen MR) is 109 cm³/mol. The highest BCUT2D eigenvalue weighted by Crippen LogP contribution is 2.29. The van der Waals surface area contributed by atoms with Crippen LogP contribution in [0.25, 0.3) is 0 Å². The van der Waals surface area contributed by atoms with Crippen molar-refractivity contribution < 1.29 is 32.3 Å². The number of amides is 1. The summed E-state index contributed by atoms with van der Waals surface area (Å²) in [4.78, 5) is 16.8. The van der Waals surface area contributed by atoms with Gasteiger partial charge < -0.3 is 19.6 Å². The van der Waals surface area contributed by atoms with Crippen LogP contribution in [0.15, 0.2) is 29.4 Å². The number of halogens is 4. The van der Waals surface area contributed by atoms with Crippen molar-refractivity contribution in [3.05, 3.63) is 35.4 Å². The molecule has 1 rings (SSSR count). The van der Waals surface area contributed by atoms with Crippen LogP contribution in [0.3, 0.4) is 0 Å². The molecule has 6 nitrogen and oxygen atoms in total. The van der Waals surface area contributed by atoms with Gasteiger partial charge in [0.2, 0.25) is 0 Å². The van der Waals surface area contributed by atoms with Crippen molar-refractivity contribution in [3.63, 3.8) is 0 Å². The first-order valence-electron chi connectivity index (χ1n) is 9.59. The Morgan fingerprint density at radius 2 is 1.83 bits per heavy atom. The minimum absolute atomic E-state index is 0.0253. The summed E-state index contributed by atoms with van der Waals surface area (Å²) in [6, 6.07) is 4.75. The summed E-state index contributed by atoms with van der Waals surface area (Å²) in [5.41, 5.74) is -0.410. The molecule has 1 unspecified atom stereocenters. The number of rotatable bonds is 12. The number of alkyl halides is 4. The summed E-state index contributed by atoms with van der Waals surface area (Å²) < 4.78 is 48.2. The van der Waals surface area contributed by atoms with Crippen LogP contribution in [0.4, 0.5) is 18.0 Å². The fourth-order valence-corrected chi connectivity index (χ4v) is 2.32. The lowest BCUT2D eigenvalue weighted by molar-refractivity contribution is -0.137. The van der Waals surface area contributed by atoms with E-state index in [0.29, 0.717) is 24.3 Å². The molecule has 0 aliphatic carbocycles. The summed E-state index contributed by atoms with van der Waals surface area (Å²) in [5, 5.41) is 6.53. The Morgan fingerprint density at radius 3 is 2.40 bits per heavy atom. The lowest BCUT2D eigenvalue weighted by Crippen LogP contribution is -2.31. The van der Waals surface area contributed by atoms with E-state index in [1.54, 1.807) is 7.11 Å². The number of nitrogens with zero attached hydrogens (tertiary/aromatic N) is 1. The summed E-state index contributed by atoms with van der Waals surface area (Å²) in [7, 11) is 1.60. The van der Waals surface area contributed by atoms with Crippen LogP contribution in [0.5, 0.6) is 0 Å². The fourth-order valence-electron chi connectivity index (χ4n) is 2.24. The van der Waals surface area contributed by atoms with Gasteiger partial charge in [0, 0.05) is 19.6 Å². The van der Waals surface area contributed by atoms with E-state index in [-0.39, 0.29) is 19.1 Å². The number of hydrogen-bond acceptors (Lipinski definition) is 5. The van der Waals surface area contributed by atoms with Gasteiger partial charge >= 0.3 is 12.3 Å². The highest BCUT2D eigenvalue weighted by molar-refractivity contribution is 6.20.